The lowest BCUT2D eigenvalue weighted by Crippen LogP contribution is -2.12. The number of benzene rings is 1. The van der Waals surface area contributed by atoms with Gasteiger partial charge in [-0.1, -0.05) is 0 Å². The van der Waals surface area contributed by atoms with Crippen molar-refractivity contribution in [2.24, 2.45) is 0 Å². The number of halogens is 3. The molecule has 0 unspecified atom stereocenters. The van der Waals surface area contributed by atoms with Crippen LogP contribution in [0.15, 0.2) is 28.7 Å². The second kappa shape index (κ2) is 5.36. The molecular formula is C14H12BrF2NO2. The van der Waals surface area contributed by atoms with Crippen LogP contribution in [0.5, 0.6) is 0 Å². The fourth-order valence-electron chi connectivity index (χ4n) is 2.12. The fourth-order valence-corrected chi connectivity index (χ4v) is 2.43. The Kier molecular flexibility index (Phi) is 3.94. The first-order chi connectivity index (χ1) is 9.32. The fraction of sp³-hybridized carbons (Fsp3) is 0.214. The predicted molar refractivity (Wildman–Crippen MR) is 74.8 cm³/mol. The molecule has 2 aromatic rings. The van der Waals surface area contributed by atoms with Crippen LogP contribution in [-0.4, -0.2) is 15.6 Å². The number of carboxylic acids is 1. The minimum absolute atomic E-state index is 0.0276. The Balaban J connectivity index is 2.70. The maximum atomic E-state index is 14.0. The van der Waals surface area contributed by atoms with Crippen LogP contribution < -0.4 is 0 Å². The summed E-state index contributed by atoms with van der Waals surface area (Å²) >= 11 is 2.91. The van der Waals surface area contributed by atoms with Crippen molar-refractivity contribution < 1.29 is 18.7 Å². The predicted octanol–water partition coefficient (Wildman–Crippen LogP) is 4.47. The van der Waals surface area contributed by atoms with E-state index in [9.17, 15) is 13.6 Å². The average molecular weight is 344 g/mol. The molecule has 106 valence electrons. The van der Waals surface area contributed by atoms with E-state index in [1.54, 1.807) is 13.8 Å². The average Bonchev–Trinajstić information content (AvgIpc) is 2.78. The number of aromatic nitrogens is 1. The van der Waals surface area contributed by atoms with Crippen LogP contribution in [0.2, 0.25) is 0 Å². The molecule has 1 aromatic carbocycles. The van der Waals surface area contributed by atoms with Crippen molar-refractivity contribution in [2.75, 3.05) is 0 Å². The molecule has 0 spiro atoms. The number of nitrogens with zero attached hydrogens (tertiary/aromatic N) is 1. The molecule has 3 nitrogen and oxygen atoms in total. The van der Waals surface area contributed by atoms with Crippen molar-refractivity contribution in [3.63, 3.8) is 0 Å². The number of carboxylic acid groups (broad SMARTS) is 1. The first-order valence-electron chi connectivity index (χ1n) is 5.92. The van der Waals surface area contributed by atoms with Crippen molar-refractivity contribution in [1.29, 1.82) is 0 Å². The molecule has 0 radical (unpaired) electrons. The smallest absolute Gasteiger partial charge is 0.352 e. The first kappa shape index (κ1) is 14.7. The van der Waals surface area contributed by atoms with Crippen molar-refractivity contribution in [2.45, 2.75) is 19.9 Å². The highest BCUT2D eigenvalue weighted by Gasteiger charge is 2.20. The second-order valence-electron chi connectivity index (χ2n) is 4.62. The molecule has 6 heteroatoms. The quantitative estimate of drug-likeness (QED) is 0.835. The van der Waals surface area contributed by atoms with Crippen molar-refractivity contribution in [1.82, 2.24) is 4.57 Å². The standard InChI is InChI=1S/C14H12BrF2NO2/c1-7(2)18-12(3-4-13(18)14(19)20)8-5-11(17)9(15)6-10(8)16/h3-7H,1-2H3,(H,19,20). The first-order valence-corrected chi connectivity index (χ1v) is 6.71. The van der Waals surface area contributed by atoms with Gasteiger partial charge in [0.25, 0.3) is 0 Å². The van der Waals surface area contributed by atoms with Gasteiger partial charge in [-0.3, -0.25) is 0 Å². The SMILES string of the molecule is CC(C)n1c(C(=O)O)ccc1-c1cc(F)c(Br)cc1F. The molecule has 20 heavy (non-hydrogen) atoms. The molecule has 1 heterocycles. The summed E-state index contributed by atoms with van der Waals surface area (Å²) in [5.74, 6) is -2.33. The maximum absolute atomic E-state index is 14.0. The van der Waals surface area contributed by atoms with E-state index in [0.717, 1.165) is 12.1 Å². The molecule has 0 fully saturated rings. The summed E-state index contributed by atoms with van der Waals surface area (Å²) in [6.07, 6.45) is 0. The third-order valence-electron chi connectivity index (χ3n) is 2.94. The zero-order chi connectivity index (χ0) is 15.0. The molecule has 0 saturated heterocycles. The lowest BCUT2D eigenvalue weighted by molar-refractivity contribution is 0.0683. The van der Waals surface area contributed by atoms with E-state index in [0.29, 0.717) is 5.69 Å². The minimum atomic E-state index is -1.11. The van der Waals surface area contributed by atoms with Gasteiger partial charge >= 0.3 is 5.97 Å². The number of hydrogen-bond donors (Lipinski definition) is 1. The molecule has 2 rings (SSSR count). The van der Waals surface area contributed by atoms with Crippen LogP contribution >= 0.6 is 15.9 Å². The summed E-state index contributed by atoms with van der Waals surface area (Å²) in [6, 6.07) is 4.76. The Morgan fingerprint density at radius 2 is 1.90 bits per heavy atom. The van der Waals surface area contributed by atoms with E-state index in [1.807, 2.05) is 0 Å². The number of aromatic carboxylic acids is 1. The van der Waals surface area contributed by atoms with Gasteiger partial charge in [0.15, 0.2) is 0 Å². The van der Waals surface area contributed by atoms with Crippen LogP contribution in [0, 0.1) is 11.6 Å². The highest BCUT2D eigenvalue weighted by Crippen LogP contribution is 2.31. The largest absolute Gasteiger partial charge is 0.477 e. The minimum Gasteiger partial charge on any atom is -0.477 e. The van der Waals surface area contributed by atoms with Crippen LogP contribution in [0.25, 0.3) is 11.3 Å². The van der Waals surface area contributed by atoms with Crippen molar-refractivity contribution in [3.8, 4) is 11.3 Å². The second-order valence-corrected chi connectivity index (χ2v) is 5.47. The van der Waals surface area contributed by atoms with Gasteiger partial charge in [0.1, 0.15) is 17.3 Å². The van der Waals surface area contributed by atoms with Gasteiger partial charge in [-0.2, -0.15) is 0 Å². The van der Waals surface area contributed by atoms with Gasteiger partial charge < -0.3 is 9.67 Å². The van der Waals surface area contributed by atoms with Gasteiger partial charge in [0.2, 0.25) is 0 Å². The summed E-state index contributed by atoms with van der Waals surface area (Å²) in [5.41, 5.74) is 0.408. The van der Waals surface area contributed by atoms with Gasteiger partial charge in [-0.15, -0.1) is 0 Å². The van der Waals surface area contributed by atoms with E-state index in [2.05, 4.69) is 15.9 Å². The van der Waals surface area contributed by atoms with Crippen LogP contribution in [0.1, 0.15) is 30.4 Å². The van der Waals surface area contributed by atoms with E-state index in [1.165, 1.54) is 16.7 Å². The van der Waals surface area contributed by atoms with Crippen molar-refractivity contribution in [3.05, 3.63) is 46.1 Å². The summed E-state index contributed by atoms with van der Waals surface area (Å²) in [5, 5.41) is 9.15. The highest BCUT2D eigenvalue weighted by molar-refractivity contribution is 9.10. The molecule has 0 aliphatic rings. The van der Waals surface area contributed by atoms with E-state index in [4.69, 9.17) is 5.11 Å². The van der Waals surface area contributed by atoms with Crippen LogP contribution in [0.3, 0.4) is 0 Å². The van der Waals surface area contributed by atoms with E-state index in [-0.39, 0.29) is 21.8 Å². The highest BCUT2D eigenvalue weighted by atomic mass is 79.9. The Hall–Kier alpha value is -1.69. The monoisotopic (exact) mass is 343 g/mol. The molecule has 1 N–H and O–H groups in total. The third-order valence-corrected chi connectivity index (χ3v) is 3.55. The summed E-state index contributed by atoms with van der Waals surface area (Å²) < 4.78 is 29.1. The van der Waals surface area contributed by atoms with E-state index >= 15 is 0 Å². The summed E-state index contributed by atoms with van der Waals surface area (Å²) in [7, 11) is 0. The normalized spacial score (nSPS) is 11.1. The topological polar surface area (TPSA) is 42.2 Å². The molecular weight excluding hydrogens is 332 g/mol. The Labute approximate surface area is 123 Å². The van der Waals surface area contributed by atoms with Gasteiger partial charge in [-0.25, -0.2) is 13.6 Å². The number of hydrogen-bond acceptors (Lipinski definition) is 1. The molecule has 0 aliphatic carbocycles. The number of carbonyl (C=O) groups is 1. The van der Waals surface area contributed by atoms with Crippen LogP contribution in [-0.2, 0) is 0 Å². The Morgan fingerprint density at radius 1 is 1.25 bits per heavy atom. The van der Waals surface area contributed by atoms with Gasteiger partial charge in [0, 0.05) is 11.6 Å². The lowest BCUT2D eigenvalue weighted by atomic mass is 10.1. The third kappa shape index (κ3) is 2.47. The van der Waals surface area contributed by atoms with Crippen LogP contribution in [0.4, 0.5) is 8.78 Å². The molecule has 0 aliphatic heterocycles. The Bertz CT molecular complexity index is 680. The molecule has 0 amide bonds. The molecule has 0 saturated carbocycles. The van der Waals surface area contributed by atoms with Gasteiger partial charge in [-0.05, 0) is 54.0 Å². The lowest BCUT2D eigenvalue weighted by Gasteiger charge is -2.16. The molecule has 0 atom stereocenters. The number of rotatable bonds is 3. The zero-order valence-electron chi connectivity index (χ0n) is 10.8. The van der Waals surface area contributed by atoms with E-state index < -0.39 is 17.6 Å². The maximum Gasteiger partial charge on any atom is 0.352 e. The molecule has 1 aromatic heterocycles. The van der Waals surface area contributed by atoms with Crippen molar-refractivity contribution >= 4 is 21.9 Å². The van der Waals surface area contributed by atoms with Gasteiger partial charge in [0.05, 0.1) is 10.2 Å². The molecule has 0 bridgehead atoms. The zero-order valence-corrected chi connectivity index (χ0v) is 12.4. The Morgan fingerprint density at radius 3 is 2.45 bits per heavy atom. The summed E-state index contributed by atoms with van der Waals surface area (Å²) in [6.45, 7) is 3.56. The summed E-state index contributed by atoms with van der Waals surface area (Å²) in [4.78, 5) is 11.2.